The van der Waals surface area contributed by atoms with E-state index in [9.17, 15) is 12.8 Å². The molecular weight excluding hydrogens is 269 g/mol. The van der Waals surface area contributed by atoms with E-state index in [1.807, 2.05) is 25.9 Å². The van der Waals surface area contributed by atoms with Crippen molar-refractivity contribution >= 4 is 15.7 Å². The Morgan fingerprint density at radius 1 is 1.42 bits per heavy atom. The predicted octanol–water partition coefficient (Wildman–Crippen LogP) is 0.945. The van der Waals surface area contributed by atoms with Crippen LogP contribution >= 0.6 is 0 Å². The highest BCUT2D eigenvalue weighted by atomic mass is 32.2. The average Bonchev–Trinajstić information content (AvgIpc) is 2.32. The number of anilines is 1. The molecule has 0 saturated heterocycles. The molecule has 0 amide bonds. The van der Waals surface area contributed by atoms with Crippen LogP contribution in [-0.4, -0.2) is 40.0 Å². The zero-order valence-electron chi connectivity index (χ0n) is 11.6. The summed E-state index contributed by atoms with van der Waals surface area (Å²) in [7, 11) is -0.0479. The molecule has 1 atom stereocenters. The van der Waals surface area contributed by atoms with Crippen molar-refractivity contribution in [3.05, 3.63) is 23.5 Å². The number of hydrogen-bond acceptors (Lipinski definition) is 4. The number of rotatable bonds is 5. The van der Waals surface area contributed by atoms with E-state index in [0.29, 0.717) is 0 Å². The Hall–Kier alpha value is -1.18. The second-order valence-corrected chi connectivity index (χ2v) is 6.55. The second-order valence-electron chi connectivity index (χ2n) is 4.78. The maximum atomic E-state index is 13.5. The summed E-state index contributed by atoms with van der Waals surface area (Å²) in [6, 6.07) is 2.28. The minimum absolute atomic E-state index is 0.0300. The number of nitrogen functional groups attached to an aromatic ring is 1. The molecule has 0 aromatic heterocycles. The van der Waals surface area contributed by atoms with Crippen molar-refractivity contribution in [1.82, 2.24) is 9.62 Å². The van der Waals surface area contributed by atoms with Crippen LogP contribution in [0.15, 0.2) is 17.0 Å². The quantitative estimate of drug-likeness (QED) is 0.791. The number of halogens is 1. The van der Waals surface area contributed by atoms with Gasteiger partial charge in [0.1, 0.15) is 5.82 Å². The third-order valence-electron chi connectivity index (χ3n) is 3.12. The molecule has 0 aliphatic carbocycles. The number of benzene rings is 1. The predicted molar refractivity (Wildman–Crippen MR) is 73.9 cm³/mol. The molecule has 1 aromatic rings. The summed E-state index contributed by atoms with van der Waals surface area (Å²) < 4.78 is 40.0. The summed E-state index contributed by atoms with van der Waals surface area (Å²) in [4.78, 5) is 1.73. The number of nitrogens with two attached hydrogens (primary N) is 1. The fourth-order valence-corrected chi connectivity index (χ4v) is 2.49. The molecule has 0 saturated carbocycles. The summed E-state index contributed by atoms with van der Waals surface area (Å²) in [5.74, 6) is -0.624. The lowest BCUT2D eigenvalue weighted by Crippen LogP contribution is -2.38. The molecule has 0 spiro atoms. The zero-order valence-corrected chi connectivity index (χ0v) is 12.4. The van der Waals surface area contributed by atoms with Crippen molar-refractivity contribution in [3.63, 3.8) is 0 Å². The summed E-state index contributed by atoms with van der Waals surface area (Å²) in [5.41, 5.74) is 5.96. The molecule has 0 aliphatic rings. The molecule has 7 heteroatoms. The van der Waals surface area contributed by atoms with Crippen LogP contribution in [0, 0.1) is 12.7 Å². The lowest BCUT2D eigenvalue weighted by Gasteiger charge is -2.20. The Kier molecular flexibility index (Phi) is 4.89. The average molecular weight is 289 g/mol. The lowest BCUT2D eigenvalue weighted by atomic mass is 10.2. The Balaban J connectivity index is 2.95. The summed E-state index contributed by atoms with van der Waals surface area (Å²) in [5, 5.41) is 0. The standard InChI is InChI=1S/C12H20FN3O2S/c1-8(16(3)4)7-15-19(17,18)10-5-11(13)9(2)12(14)6-10/h5-6,8,15H,7,14H2,1-4H3. The Bertz CT molecular complexity index is 535. The van der Waals surface area contributed by atoms with Crippen molar-refractivity contribution in [2.75, 3.05) is 26.4 Å². The minimum atomic E-state index is -3.75. The van der Waals surface area contributed by atoms with E-state index in [1.165, 1.54) is 13.0 Å². The zero-order chi connectivity index (χ0) is 14.8. The molecule has 19 heavy (non-hydrogen) atoms. The smallest absolute Gasteiger partial charge is 0.240 e. The van der Waals surface area contributed by atoms with Gasteiger partial charge in [0.2, 0.25) is 10.0 Å². The number of nitrogens with zero attached hydrogens (tertiary/aromatic N) is 1. The lowest BCUT2D eigenvalue weighted by molar-refractivity contribution is 0.314. The fourth-order valence-electron chi connectivity index (χ4n) is 1.33. The fraction of sp³-hybridized carbons (Fsp3) is 0.500. The minimum Gasteiger partial charge on any atom is -0.398 e. The van der Waals surface area contributed by atoms with Gasteiger partial charge in [-0.3, -0.25) is 0 Å². The summed E-state index contributed by atoms with van der Waals surface area (Å²) in [6.45, 7) is 3.62. The monoisotopic (exact) mass is 289 g/mol. The van der Waals surface area contributed by atoms with E-state index in [2.05, 4.69) is 4.72 Å². The maximum Gasteiger partial charge on any atom is 0.240 e. The van der Waals surface area contributed by atoms with Gasteiger partial charge in [0.05, 0.1) is 4.90 Å². The first-order chi connectivity index (χ1) is 8.65. The third kappa shape index (κ3) is 3.89. The normalized spacial score (nSPS) is 13.8. The number of hydrogen-bond donors (Lipinski definition) is 2. The Morgan fingerprint density at radius 2 is 2.00 bits per heavy atom. The highest BCUT2D eigenvalue weighted by Gasteiger charge is 2.18. The maximum absolute atomic E-state index is 13.5. The number of sulfonamides is 1. The topological polar surface area (TPSA) is 75.4 Å². The van der Waals surface area contributed by atoms with Gasteiger partial charge in [-0.1, -0.05) is 0 Å². The Labute approximate surface area is 113 Å². The van der Waals surface area contributed by atoms with Gasteiger partial charge in [0.25, 0.3) is 0 Å². The molecular formula is C12H20FN3O2S. The van der Waals surface area contributed by atoms with Crippen molar-refractivity contribution in [1.29, 1.82) is 0 Å². The van der Waals surface area contributed by atoms with E-state index < -0.39 is 15.8 Å². The van der Waals surface area contributed by atoms with E-state index in [0.717, 1.165) is 6.07 Å². The van der Waals surface area contributed by atoms with Gasteiger partial charge in [-0.2, -0.15) is 0 Å². The van der Waals surface area contributed by atoms with Gasteiger partial charge in [-0.25, -0.2) is 17.5 Å². The van der Waals surface area contributed by atoms with E-state index in [4.69, 9.17) is 5.73 Å². The van der Waals surface area contributed by atoms with Gasteiger partial charge in [-0.05, 0) is 40.1 Å². The summed E-state index contributed by atoms with van der Waals surface area (Å²) >= 11 is 0. The van der Waals surface area contributed by atoms with Crippen LogP contribution in [0.3, 0.4) is 0 Å². The Morgan fingerprint density at radius 3 is 2.47 bits per heavy atom. The van der Waals surface area contributed by atoms with E-state index in [1.54, 1.807) is 0 Å². The molecule has 1 unspecified atom stereocenters. The van der Waals surface area contributed by atoms with Crippen molar-refractivity contribution < 1.29 is 12.8 Å². The van der Waals surface area contributed by atoms with Crippen molar-refractivity contribution in [3.8, 4) is 0 Å². The van der Waals surface area contributed by atoms with Crippen LogP contribution in [0.25, 0.3) is 0 Å². The first-order valence-electron chi connectivity index (χ1n) is 5.87. The first kappa shape index (κ1) is 15.9. The summed E-state index contributed by atoms with van der Waals surface area (Å²) in [6.07, 6.45) is 0. The molecule has 0 bridgehead atoms. The largest absolute Gasteiger partial charge is 0.398 e. The first-order valence-corrected chi connectivity index (χ1v) is 7.35. The van der Waals surface area contributed by atoms with Gasteiger partial charge in [-0.15, -0.1) is 0 Å². The molecule has 1 aromatic carbocycles. The van der Waals surface area contributed by atoms with Crippen LogP contribution in [-0.2, 0) is 10.0 Å². The molecule has 0 heterocycles. The molecule has 108 valence electrons. The van der Waals surface area contributed by atoms with Crippen LogP contribution in [0.5, 0.6) is 0 Å². The number of nitrogens with one attached hydrogen (secondary N) is 1. The van der Waals surface area contributed by atoms with Gasteiger partial charge in [0, 0.05) is 23.8 Å². The van der Waals surface area contributed by atoms with E-state index >= 15 is 0 Å². The molecule has 1 rings (SSSR count). The van der Waals surface area contributed by atoms with Crippen LogP contribution in [0.1, 0.15) is 12.5 Å². The van der Waals surface area contributed by atoms with E-state index in [-0.39, 0.29) is 28.7 Å². The molecule has 0 radical (unpaired) electrons. The molecule has 0 aliphatic heterocycles. The molecule has 3 N–H and O–H groups in total. The molecule has 0 fully saturated rings. The SMILES string of the molecule is Cc1c(N)cc(S(=O)(=O)NCC(C)N(C)C)cc1F. The molecule has 5 nitrogen and oxygen atoms in total. The van der Waals surface area contributed by atoms with Crippen LogP contribution in [0.4, 0.5) is 10.1 Å². The number of likely N-dealkylation sites (N-methyl/N-ethyl adjacent to an activating group) is 1. The highest BCUT2D eigenvalue weighted by molar-refractivity contribution is 7.89. The van der Waals surface area contributed by atoms with Gasteiger partial charge < -0.3 is 10.6 Å². The van der Waals surface area contributed by atoms with Crippen LogP contribution < -0.4 is 10.5 Å². The highest BCUT2D eigenvalue weighted by Crippen LogP contribution is 2.20. The third-order valence-corrected chi connectivity index (χ3v) is 4.52. The second kappa shape index (κ2) is 5.85. The van der Waals surface area contributed by atoms with Crippen molar-refractivity contribution in [2.24, 2.45) is 0 Å². The van der Waals surface area contributed by atoms with Crippen molar-refractivity contribution in [2.45, 2.75) is 24.8 Å². The van der Waals surface area contributed by atoms with Gasteiger partial charge in [0.15, 0.2) is 0 Å². The van der Waals surface area contributed by atoms with Gasteiger partial charge >= 0.3 is 0 Å². The van der Waals surface area contributed by atoms with Crippen LogP contribution in [0.2, 0.25) is 0 Å².